The maximum absolute atomic E-state index is 14.8. The molecule has 0 bridgehead atoms. The number of rotatable bonds is 3. The van der Waals surface area contributed by atoms with Gasteiger partial charge >= 0.3 is 0 Å². The predicted octanol–water partition coefficient (Wildman–Crippen LogP) is 5.89. The summed E-state index contributed by atoms with van der Waals surface area (Å²) in [5.74, 6) is -7.03. The van der Waals surface area contributed by atoms with Crippen molar-refractivity contribution < 1.29 is 33.1 Å². The SMILES string of the molecule is CC12C(=O)N(c3ccc(F)c(Cl)c3)C(=O)C1CC1C(=CCC3C(=O)N(C4CCCCC4)C(=O)C31)C2c1ccc(O)c(F)c1. The number of hydrogen-bond donors (Lipinski definition) is 1. The lowest BCUT2D eigenvalue weighted by atomic mass is 9.51. The lowest BCUT2D eigenvalue weighted by Crippen LogP contribution is -2.49. The van der Waals surface area contributed by atoms with E-state index in [1.54, 1.807) is 6.92 Å². The van der Waals surface area contributed by atoms with Gasteiger partial charge < -0.3 is 5.11 Å². The van der Waals surface area contributed by atoms with Crippen molar-refractivity contribution in [2.75, 3.05) is 4.90 Å². The summed E-state index contributed by atoms with van der Waals surface area (Å²) in [5, 5.41) is 9.71. The van der Waals surface area contributed by atoms with E-state index in [1.807, 2.05) is 6.08 Å². The second kappa shape index (κ2) is 9.97. The molecule has 7 rings (SSSR count). The summed E-state index contributed by atoms with van der Waals surface area (Å²) in [6, 6.07) is 7.42. The van der Waals surface area contributed by atoms with Gasteiger partial charge in [0.05, 0.1) is 33.9 Å². The molecule has 2 saturated carbocycles. The predicted molar refractivity (Wildman–Crippen MR) is 153 cm³/mol. The molecule has 0 spiro atoms. The first-order valence-electron chi connectivity index (χ1n) is 14.9. The zero-order valence-electron chi connectivity index (χ0n) is 23.6. The van der Waals surface area contributed by atoms with E-state index in [0.717, 1.165) is 48.6 Å². The van der Waals surface area contributed by atoms with E-state index in [4.69, 9.17) is 11.6 Å². The number of hydrogen-bond acceptors (Lipinski definition) is 5. The van der Waals surface area contributed by atoms with Gasteiger partial charge in [-0.05, 0) is 74.4 Å². The highest BCUT2D eigenvalue weighted by Crippen LogP contribution is 2.64. The molecule has 0 aromatic heterocycles. The quantitative estimate of drug-likeness (QED) is 0.347. The largest absolute Gasteiger partial charge is 0.505 e. The van der Waals surface area contributed by atoms with Crippen molar-refractivity contribution in [2.24, 2.45) is 29.1 Å². The Morgan fingerprint density at radius 2 is 1.65 bits per heavy atom. The Labute approximate surface area is 252 Å². The first-order chi connectivity index (χ1) is 20.5. The second-order valence-electron chi connectivity index (χ2n) is 12.8. The van der Waals surface area contributed by atoms with Crippen molar-refractivity contribution in [3.8, 4) is 5.75 Å². The molecule has 6 unspecified atom stereocenters. The number of carbonyl (C=O) groups is 4. The van der Waals surface area contributed by atoms with Gasteiger partial charge in [0.25, 0.3) is 0 Å². The van der Waals surface area contributed by atoms with Gasteiger partial charge in [-0.1, -0.05) is 48.6 Å². The topological polar surface area (TPSA) is 95.0 Å². The molecule has 2 aromatic rings. The van der Waals surface area contributed by atoms with Gasteiger partial charge in [-0.3, -0.25) is 24.1 Å². The smallest absolute Gasteiger partial charge is 0.241 e. The number of likely N-dealkylation sites (tertiary alicyclic amines) is 1. The van der Waals surface area contributed by atoms with Crippen LogP contribution in [0.15, 0.2) is 48.0 Å². The summed E-state index contributed by atoms with van der Waals surface area (Å²) in [4.78, 5) is 58.8. The highest BCUT2D eigenvalue weighted by molar-refractivity contribution is 6.31. The van der Waals surface area contributed by atoms with E-state index >= 15 is 0 Å². The summed E-state index contributed by atoms with van der Waals surface area (Å²) in [7, 11) is 0. The molecule has 10 heteroatoms. The van der Waals surface area contributed by atoms with Gasteiger partial charge in [0.15, 0.2) is 11.6 Å². The Balaban J connectivity index is 1.35. The van der Waals surface area contributed by atoms with Crippen LogP contribution in [-0.4, -0.2) is 39.7 Å². The van der Waals surface area contributed by atoms with Crippen LogP contribution in [0.1, 0.15) is 63.4 Å². The van der Waals surface area contributed by atoms with Crippen molar-refractivity contribution in [3.63, 3.8) is 0 Å². The molecular weight excluding hydrogens is 578 g/mol. The van der Waals surface area contributed by atoms with E-state index in [-0.39, 0.29) is 35.0 Å². The van der Waals surface area contributed by atoms with Gasteiger partial charge in [0, 0.05) is 12.0 Å². The minimum Gasteiger partial charge on any atom is -0.505 e. The zero-order chi connectivity index (χ0) is 30.4. The number of aromatic hydroxyl groups is 1. The molecule has 2 aromatic carbocycles. The number of benzene rings is 2. The van der Waals surface area contributed by atoms with Gasteiger partial charge in [0.1, 0.15) is 5.82 Å². The van der Waals surface area contributed by atoms with Crippen LogP contribution in [0, 0.1) is 40.7 Å². The van der Waals surface area contributed by atoms with Crippen molar-refractivity contribution in [1.29, 1.82) is 0 Å². The van der Waals surface area contributed by atoms with Crippen LogP contribution in [-0.2, 0) is 19.2 Å². The van der Waals surface area contributed by atoms with Crippen LogP contribution >= 0.6 is 11.6 Å². The number of carbonyl (C=O) groups excluding carboxylic acids is 4. The molecule has 2 aliphatic heterocycles. The molecule has 0 radical (unpaired) electrons. The lowest BCUT2D eigenvalue weighted by Gasteiger charge is -2.49. The highest BCUT2D eigenvalue weighted by Gasteiger charge is 2.67. The van der Waals surface area contributed by atoms with Gasteiger partial charge in [-0.25, -0.2) is 13.7 Å². The second-order valence-corrected chi connectivity index (χ2v) is 13.2. The maximum Gasteiger partial charge on any atom is 0.241 e. The van der Waals surface area contributed by atoms with Crippen molar-refractivity contribution >= 4 is 40.9 Å². The molecule has 6 atom stereocenters. The molecule has 43 heavy (non-hydrogen) atoms. The maximum atomic E-state index is 14.8. The first-order valence-corrected chi connectivity index (χ1v) is 15.3. The molecule has 1 N–H and O–H groups in total. The number of fused-ring (bicyclic) bond motifs is 4. The summed E-state index contributed by atoms with van der Waals surface area (Å²) < 4.78 is 28.8. The zero-order valence-corrected chi connectivity index (χ0v) is 24.3. The summed E-state index contributed by atoms with van der Waals surface area (Å²) in [5.41, 5.74) is -0.140. The van der Waals surface area contributed by atoms with Crippen LogP contribution in [0.25, 0.3) is 0 Å². The summed E-state index contributed by atoms with van der Waals surface area (Å²) in [6.45, 7) is 1.68. The van der Waals surface area contributed by atoms with Crippen molar-refractivity contribution in [1.82, 2.24) is 4.90 Å². The minimum atomic E-state index is -1.38. The van der Waals surface area contributed by atoms with Crippen LogP contribution in [0.3, 0.4) is 0 Å². The Bertz CT molecular complexity index is 1620. The number of allylic oxidation sites excluding steroid dienone is 2. The number of phenols is 1. The Morgan fingerprint density at radius 3 is 2.35 bits per heavy atom. The first kappa shape index (κ1) is 28.2. The molecule has 7 nitrogen and oxygen atoms in total. The fraction of sp³-hybridized carbons (Fsp3) is 0.455. The number of nitrogens with zero attached hydrogens (tertiary/aromatic N) is 2. The third-order valence-corrected chi connectivity index (χ3v) is 11.0. The minimum absolute atomic E-state index is 0.123. The molecule has 4 amide bonds. The van der Waals surface area contributed by atoms with Crippen LogP contribution < -0.4 is 4.90 Å². The Hall–Kier alpha value is -3.59. The Kier molecular flexibility index (Phi) is 6.54. The number of imide groups is 2. The van der Waals surface area contributed by atoms with Crippen LogP contribution in [0.4, 0.5) is 14.5 Å². The average molecular weight is 609 g/mol. The lowest BCUT2D eigenvalue weighted by molar-refractivity contribution is -0.144. The van der Waals surface area contributed by atoms with E-state index in [0.29, 0.717) is 12.0 Å². The fourth-order valence-electron chi connectivity index (χ4n) is 8.69. The number of halogens is 3. The average Bonchev–Trinajstić information content (AvgIpc) is 3.36. The van der Waals surface area contributed by atoms with Crippen LogP contribution in [0.5, 0.6) is 5.75 Å². The van der Waals surface area contributed by atoms with Gasteiger partial charge in [-0.2, -0.15) is 0 Å². The molecule has 224 valence electrons. The van der Waals surface area contributed by atoms with E-state index < -0.39 is 64.2 Å². The summed E-state index contributed by atoms with van der Waals surface area (Å²) >= 11 is 6.03. The van der Waals surface area contributed by atoms with Gasteiger partial charge in [0.2, 0.25) is 23.6 Å². The molecule has 2 heterocycles. The summed E-state index contributed by atoms with van der Waals surface area (Å²) in [6.07, 6.45) is 6.92. The molecule has 3 aliphatic carbocycles. The van der Waals surface area contributed by atoms with E-state index in [9.17, 15) is 33.1 Å². The third-order valence-electron chi connectivity index (χ3n) is 10.7. The monoisotopic (exact) mass is 608 g/mol. The van der Waals surface area contributed by atoms with Crippen molar-refractivity contribution in [2.45, 2.75) is 63.8 Å². The number of amides is 4. The highest BCUT2D eigenvalue weighted by atomic mass is 35.5. The van der Waals surface area contributed by atoms with E-state index in [1.165, 1.54) is 35.2 Å². The number of anilines is 1. The standard InChI is InChI=1S/C33H31ClF2N2O5/c1-33-22(30(41)38(32(33)43)18-8-11-24(35)23(34)14-18)15-21-19(28(33)16-7-12-26(39)25(36)13-16)9-10-20-27(21)31(42)37(29(20)40)17-5-3-2-4-6-17/h7-9,11-14,17,20-22,27-28,39H,2-6,10,15H2,1H3. The van der Waals surface area contributed by atoms with E-state index in [2.05, 4.69) is 0 Å². The normalized spacial score (nSPS) is 32.6. The van der Waals surface area contributed by atoms with Crippen molar-refractivity contribution in [3.05, 3.63) is 70.3 Å². The Morgan fingerprint density at radius 1 is 0.907 bits per heavy atom. The molecular formula is C33H31ClF2N2O5. The van der Waals surface area contributed by atoms with Crippen LogP contribution in [0.2, 0.25) is 5.02 Å². The number of phenolic OH excluding ortho intramolecular Hbond substituents is 1. The third kappa shape index (κ3) is 3.96. The molecule has 4 fully saturated rings. The molecule has 5 aliphatic rings. The molecule has 2 saturated heterocycles. The van der Waals surface area contributed by atoms with Gasteiger partial charge in [-0.15, -0.1) is 0 Å². The fourth-order valence-corrected chi connectivity index (χ4v) is 8.87.